The molecule has 1 saturated carbocycles. The van der Waals surface area contributed by atoms with E-state index in [1.54, 1.807) is 0 Å². The molecule has 1 aliphatic rings. The summed E-state index contributed by atoms with van der Waals surface area (Å²) in [4.78, 5) is 0.341. The van der Waals surface area contributed by atoms with E-state index in [-0.39, 0.29) is 5.60 Å². The first-order valence-electron chi connectivity index (χ1n) is 6.43. The van der Waals surface area contributed by atoms with Crippen LogP contribution in [0.4, 0.5) is 0 Å². The Morgan fingerprint density at radius 3 is 2.50 bits per heavy atom. The van der Waals surface area contributed by atoms with Gasteiger partial charge < -0.3 is 4.74 Å². The van der Waals surface area contributed by atoms with Gasteiger partial charge in [-0.15, -0.1) is 0 Å². The molecule has 0 heterocycles. The van der Waals surface area contributed by atoms with Gasteiger partial charge in [0.1, 0.15) is 0 Å². The molecule has 100 valence electrons. The number of rotatable bonds is 4. The van der Waals surface area contributed by atoms with Gasteiger partial charge in [0.2, 0.25) is 0 Å². The van der Waals surface area contributed by atoms with Gasteiger partial charge in [-0.1, -0.05) is 33.6 Å². The largest absolute Gasteiger partial charge is 0.378 e. The van der Waals surface area contributed by atoms with E-state index in [2.05, 4.69) is 41.9 Å². The Morgan fingerprint density at radius 2 is 2.00 bits per heavy atom. The fourth-order valence-corrected chi connectivity index (χ4v) is 3.94. The van der Waals surface area contributed by atoms with Gasteiger partial charge in [0.25, 0.3) is 0 Å². The van der Waals surface area contributed by atoms with Crippen LogP contribution in [0.5, 0.6) is 0 Å². The maximum Gasteiger partial charge on any atom is 0.0692 e. The summed E-state index contributed by atoms with van der Waals surface area (Å²) >= 11 is 9.97. The van der Waals surface area contributed by atoms with Crippen molar-refractivity contribution < 1.29 is 4.74 Å². The van der Waals surface area contributed by atoms with E-state index in [1.807, 2.05) is 7.11 Å². The van der Waals surface area contributed by atoms with Crippen LogP contribution < -0.4 is 0 Å². The number of aryl methyl sites for hydroxylation is 2. The number of alkyl halides is 1. The molecule has 0 saturated heterocycles. The first kappa shape index (κ1) is 14.4. The average molecular weight is 332 g/mol. The maximum absolute atomic E-state index is 6.15. The zero-order valence-electron chi connectivity index (χ0n) is 11.2. The van der Waals surface area contributed by atoms with Gasteiger partial charge in [0, 0.05) is 17.0 Å². The lowest BCUT2D eigenvalue weighted by Gasteiger charge is -2.42. The predicted octanol–water partition coefficient (Wildman–Crippen LogP) is 5.35. The highest BCUT2D eigenvalue weighted by molar-refractivity contribution is 9.09. The van der Waals surface area contributed by atoms with Crippen LogP contribution in [0.1, 0.15) is 47.2 Å². The molecule has 1 fully saturated rings. The lowest BCUT2D eigenvalue weighted by molar-refractivity contribution is -0.0773. The van der Waals surface area contributed by atoms with Gasteiger partial charge >= 0.3 is 0 Å². The molecule has 0 aromatic heterocycles. The number of benzene rings is 1. The summed E-state index contributed by atoms with van der Waals surface area (Å²) in [5.41, 5.74) is 3.81. The van der Waals surface area contributed by atoms with E-state index in [0.29, 0.717) is 4.83 Å². The third kappa shape index (κ3) is 2.76. The van der Waals surface area contributed by atoms with E-state index >= 15 is 0 Å². The van der Waals surface area contributed by atoms with Gasteiger partial charge in [-0.05, 0) is 62.3 Å². The average Bonchev–Trinajstić information content (AvgIpc) is 2.28. The fourth-order valence-electron chi connectivity index (χ4n) is 2.64. The molecule has 1 aromatic rings. The van der Waals surface area contributed by atoms with Crippen molar-refractivity contribution in [1.29, 1.82) is 0 Å². The summed E-state index contributed by atoms with van der Waals surface area (Å²) in [6.07, 6.45) is 4.67. The SMILES string of the molecule is COC1(CC(Br)c2cc(C)c(Cl)cc2C)CCC1. The van der Waals surface area contributed by atoms with Gasteiger partial charge in [0.05, 0.1) is 5.60 Å². The van der Waals surface area contributed by atoms with Crippen LogP contribution in [-0.4, -0.2) is 12.7 Å². The second kappa shape index (κ2) is 5.52. The molecular weight excluding hydrogens is 312 g/mol. The third-order valence-electron chi connectivity index (χ3n) is 4.13. The van der Waals surface area contributed by atoms with Crippen LogP contribution in [0.3, 0.4) is 0 Å². The molecule has 1 atom stereocenters. The minimum Gasteiger partial charge on any atom is -0.378 e. The Kier molecular flexibility index (Phi) is 4.40. The van der Waals surface area contributed by atoms with Crippen LogP contribution in [0, 0.1) is 13.8 Å². The number of hydrogen-bond donors (Lipinski definition) is 0. The summed E-state index contributed by atoms with van der Waals surface area (Å²) in [6.45, 7) is 4.18. The molecule has 2 rings (SSSR count). The van der Waals surface area contributed by atoms with E-state index in [1.165, 1.54) is 30.4 Å². The standard InChI is InChI=1S/C15H20BrClO/c1-10-8-14(17)11(2)7-12(10)13(16)9-15(18-3)5-4-6-15/h7-8,13H,4-6,9H2,1-3H3. The van der Waals surface area contributed by atoms with Crippen LogP contribution in [-0.2, 0) is 4.74 Å². The Labute approximate surface area is 123 Å². The molecule has 1 aromatic carbocycles. The first-order valence-corrected chi connectivity index (χ1v) is 7.73. The summed E-state index contributed by atoms with van der Waals surface area (Å²) < 4.78 is 5.70. The number of halogens is 2. The molecule has 1 nitrogen and oxygen atoms in total. The summed E-state index contributed by atoms with van der Waals surface area (Å²) in [6, 6.07) is 4.25. The van der Waals surface area contributed by atoms with Crippen molar-refractivity contribution in [3.63, 3.8) is 0 Å². The van der Waals surface area contributed by atoms with Crippen LogP contribution in [0.15, 0.2) is 12.1 Å². The quantitative estimate of drug-likeness (QED) is 0.676. The zero-order valence-corrected chi connectivity index (χ0v) is 13.6. The molecule has 18 heavy (non-hydrogen) atoms. The number of methoxy groups -OCH3 is 1. The number of ether oxygens (including phenoxy) is 1. The van der Waals surface area contributed by atoms with Gasteiger partial charge in [0.15, 0.2) is 0 Å². The summed E-state index contributed by atoms with van der Waals surface area (Å²) in [5, 5.41) is 0.848. The molecule has 0 amide bonds. The van der Waals surface area contributed by atoms with Crippen molar-refractivity contribution in [2.75, 3.05) is 7.11 Å². The molecule has 0 spiro atoms. The van der Waals surface area contributed by atoms with Crippen molar-refractivity contribution in [2.45, 2.75) is 50.0 Å². The van der Waals surface area contributed by atoms with Gasteiger partial charge in [-0.2, -0.15) is 0 Å². The van der Waals surface area contributed by atoms with Crippen LogP contribution in [0.25, 0.3) is 0 Å². The van der Waals surface area contributed by atoms with E-state index in [0.717, 1.165) is 17.0 Å². The topological polar surface area (TPSA) is 9.23 Å². The second-order valence-corrected chi connectivity index (χ2v) is 6.88. The molecule has 0 N–H and O–H groups in total. The van der Waals surface area contributed by atoms with Crippen molar-refractivity contribution >= 4 is 27.5 Å². The molecule has 0 bridgehead atoms. The van der Waals surface area contributed by atoms with Crippen molar-refractivity contribution in [3.05, 3.63) is 33.8 Å². The molecule has 0 aliphatic heterocycles. The zero-order chi connectivity index (χ0) is 13.3. The molecule has 1 aliphatic carbocycles. The highest BCUT2D eigenvalue weighted by Crippen LogP contribution is 2.45. The third-order valence-corrected chi connectivity index (χ3v) is 5.36. The maximum atomic E-state index is 6.15. The predicted molar refractivity (Wildman–Crippen MR) is 80.8 cm³/mol. The Hall–Kier alpha value is -0.0500. The highest BCUT2D eigenvalue weighted by atomic mass is 79.9. The fraction of sp³-hybridized carbons (Fsp3) is 0.600. The van der Waals surface area contributed by atoms with Crippen molar-refractivity contribution in [2.24, 2.45) is 0 Å². The molecule has 0 radical (unpaired) electrons. The second-order valence-electron chi connectivity index (χ2n) is 5.37. The van der Waals surface area contributed by atoms with Crippen molar-refractivity contribution in [3.8, 4) is 0 Å². The van der Waals surface area contributed by atoms with Gasteiger partial charge in [-0.25, -0.2) is 0 Å². The van der Waals surface area contributed by atoms with Crippen molar-refractivity contribution in [1.82, 2.24) is 0 Å². The summed E-state index contributed by atoms with van der Waals surface area (Å²) in [7, 11) is 1.83. The Morgan fingerprint density at radius 1 is 1.33 bits per heavy atom. The van der Waals surface area contributed by atoms with E-state index in [4.69, 9.17) is 16.3 Å². The van der Waals surface area contributed by atoms with E-state index in [9.17, 15) is 0 Å². The summed E-state index contributed by atoms with van der Waals surface area (Å²) in [5.74, 6) is 0. The van der Waals surface area contributed by atoms with Crippen LogP contribution in [0.2, 0.25) is 5.02 Å². The normalized spacial score (nSPS) is 19.4. The van der Waals surface area contributed by atoms with Crippen LogP contribution >= 0.6 is 27.5 Å². The Bertz CT molecular complexity index is 435. The molecular formula is C15H20BrClO. The molecule has 3 heteroatoms. The highest BCUT2D eigenvalue weighted by Gasteiger charge is 2.39. The lowest BCUT2D eigenvalue weighted by Crippen LogP contribution is -2.39. The smallest absolute Gasteiger partial charge is 0.0692 e. The molecule has 1 unspecified atom stereocenters. The van der Waals surface area contributed by atoms with E-state index < -0.39 is 0 Å². The van der Waals surface area contributed by atoms with Gasteiger partial charge in [-0.3, -0.25) is 0 Å². The monoisotopic (exact) mass is 330 g/mol. The number of hydrogen-bond acceptors (Lipinski definition) is 1. The minimum absolute atomic E-state index is 0.0914. The lowest BCUT2D eigenvalue weighted by atomic mass is 9.76. The first-order chi connectivity index (χ1) is 8.47. The Balaban J connectivity index is 2.18. The minimum atomic E-state index is 0.0914.